The van der Waals surface area contributed by atoms with Gasteiger partial charge in [-0.2, -0.15) is 0 Å². The molecule has 4 rings (SSSR count). The minimum absolute atomic E-state index is 0.124. The van der Waals surface area contributed by atoms with Gasteiger partial charge in [0.05, 0.1) is 18.8 Å². The molecule has 1 saturated heterocycles. The molecule has 8 heteroatoms. The van der Waals surface area contributed by atoms with Crippen LogP contribution < -0.4 is 15.4 Å². The lowest BCUT2D eigenvalue weighted by atomic mass is 10.2. The Balaban J connectivity index is 1.22. The van der Waals surface area contributed by atoms with E-state index in [-0.39, 0.29) is 30.7 Å². The fourth-order valence-electron chi connectivity index (χ4n) is 3.74. The zero-order valence-corrected chi connectivity index (χ0v) is 18.7. The van der Waals surface area contributed by atoms with E-state index >= 15 is 0 Å². The van der Waals surface area contributed by atoms with Gasteiger partial charge in [-0.15, -0.1) is 0 Å². The van der Waals surface area contributed by atoms with Crippen molar-refractivity contribution in [2.45, 2.75) is 0 Å². The van der Waals surface area contributed by atoms with Crippen LogP contribution in [0.5, 0.6) is 11.5 Å². The Morgan fingerprint density at radius 2 is 1.38 bits per heavy atom. The SMILES string of the molecule is O=C(CN1CCN(CC(=O)Nc2ccccc2Oc2ccccc2)CC1)Nc1cccc(F)c1. The van der Waals surface area contributed by atoms with E-state index in [1.165, 1.54) is 12.1 Å². The highest BCUT2D eigenvalue weighted by atomic mass is 19.1. The van der Waals surface area contributed by atoms with Gasteiger partial charge in [-0.05, 0) is 42.5 Å². The van der Waals surface area contributed by atoms with Crippen molar-refractivity contribution in [2.24, 2.45) is 0 Å². The first-order valence-corrected chi connectivity index (χ1v) is 11.2. The molecule has 1 fully saturated rings. The summed E-state index contributed by atoms with van der Waals surface area (Å²) in [6.45, 7) is 3.14. The molecule has 7 nitrogen and oxygen atoms in total. The molecular formula is C26H27FN4O3. The number of nitrogens with one attached hydrogen (secondary N) is 2. The molecule has 2 N–H and O–H groups in total. The van der Waals surface area contributed by atoms with E-state index in [0.717, 1.165) is 0 Å². The third-order valence-corrected chi connectivity index (χ3v) is 5.44. The van der Waals surface area contributed by atoms with Crippen LogP contribution in [0.1, 0.15) is 0 Å². The third kappa shape index (κ3) is 6.87. The van der Waals surface area contributed by atoms with E-state index in [2.05, 4.69) is 15.5 Å². The van der Waals surface area contributed by atoms with Crippen molar-refractivity contribution in [1.82, 2.24) is 9.80 Å². The quantitative estimate of drug-likeness (QED) is 0.533. The lowest BCUT2D eigenvalue weighted by Crippen LogP contribution is -2.50. The topological polar surface area (TPSA) is 73.9 Å². The van der Waals surface area contributed by atoms with Crippen molar-refractivity contribution in [3.8, 4) is 11.5 Å². The summed E-state index contributed by atoms with van der Waals surface area (Å²) in [6.07, 6.45) is 0. The molecule has 176 valence electrons. The van der Waals surface area contributed by atoms with Gasteiger partial charge in [0.1, 0.15) is 11.6 Å². The first-order valence-electron chi connectivity index (χ1n) is 11.2. The lowest BCUT2D eigenvalue weighted by Gasteiger charge is -2.33. The van der Waals surface area contributed by atoms with Gasteiger partial charge in [0, 0.05) is 31.9 Å². The molecule has 0 spiro atoms. The number of carbonyl (C=O) groups is 2. The summed E-state index contributed by atoms with van der Waals surface area (Å²) >= 11 is 0. The molecule has 1 heterocycles. The summed E-state index contributed by atoms with van der Waals surface area (Å²) in [7, 11) is 0. The van der Waals surface area contributed by atoms with Gasteiger partial charge >= 0.3 is 0 Å². The number of benzene rings is 3. The number of amides is 2. The van der Waals surface area contributed by atoms with Crippen LogP contribution in [0.15, 0.2) is 78.9 Å². The van der Waals surface area contributed by atoms with Crippen LogP contribution in [-0.4, -0.2) is 60.9 Å². The number of halogens is 1. The zero-order valence-electron chi connectivity index (χ0n) is 18.7. The molecule has 3 aromatic carbocycles. The predicted octanol–water partition coefficient (Wildman–Crippen LogP) is 3.81. The molecular weight excluding hydrogens is 435 g/mol. The van der Waals surface area contributed by atoms with Crippen molar-refractivity contribution in [3.63, 3.8) is 0 Å². The maximum absolute atomic E-state index is 13.3. The summed E-state index contributed by atoms with van der Waals surface area (Å²) in [5, 5.41) is 5.65. The fourth-order valence-corrected chi connectivity index (χ4v) is 3.74. The molecule has 0 bridgehead atoms. The third-order valence-electron chi connectivity index (χ3n) is 5.44. The molecule has 1 aliphatic rings. The number of nitrogens with zero attached hydrogens (tertiary/aromatic N) is 2. The average Bonchev–Trinajstić information content (AvgIpc) is 2.82. The summed E-state index contributed by atoms with van der Waals surface area (Å²) in [4.78, 5) is 29.0. The molecule has 0 aliphatic carbocycles. The van der Waals surface area contributed by atoms with Gasteiger partial charge in [0.2, 0.25) is 11.8 Å². The zero-order chi connectivity index (χ0) is 23.8. The number of carbonyl (C=O) groups excluding carboxylic acids is 2. The van der Waals surface area contributed by atoms with Gasteiger partial charge in [0.25, 0.3) is 0 Å². The minimum Gasteiger partial charge on any atom is -0.455 e. The molecule has 0 saturated carbocycles. The van der Waals surface area contributed by atoms with Crippen LogP contribution in [0.25, 0.3) is 0 Å². The number of hydrogen-bond donors (Lipinski definition) is 2. The Labute approximate surface area is 198 Å². The Hall–Kier alpha value is -3.75. The smallest absolute Gasteiger partial charge is 0.238 e. The Bertz CT molecular complexity index is 1120. The standard InChI is InChI=1S/C26H27FN4O3/c27-20-7-6-8-21(17-20)28-25(32)18-30-13-15-31(16-14-30)19-26(33)29-23-11-4-5-12-24(23)34-22-9-2-1-3-10-22/h1-12,17H,13-16,18-19H2,(H,28,32)(H,29,33). The summed E-state index contributed by atoms with van der Waals surface area (Å²) in [5.74, 6) is 0.574. The second kappa shape index (κ2) is 11.4. The Kier molecular flexibility index (Phi) is 7.85. The number of piperazine rings is 1. The van der Waals surface area contributed by atoms with Gasteiger partial charge in [-0.25, -0.2) is 4.39 Å². The number of para-hydroxylation sites is 3. The van der Waals surface area contributed by atoms with Crippen LogP contribution in [0.2, 0.25) is 0 Å². The first-order chi connectivity index (χ1) is 16.5. The molecule has 34 heavy (non-hydrogen) atoms. The number of ether oxygens (including phenoxy) is 1. The number of hydrogen-bond acceptors (Lipinski definition) is 5. The molecule has 0 aromatic heterocycles. The van der Waals surface area contributed by atoms with E-state index in [9.17, 15) is 14.0 Å². The summed E-state index contributed by atoms with van der Waals surface area (Å²) in [5.41, 5.74) is 1.06. The second-order valence-corrected chi connectivity index (χ2v) is 8.07. The van der Waals surface area contributed by atoms with E-state index in [0.29, 0.717) is 49.1 Å². The minimum atomic E-state index is -0.390. The fraction of sp³-hybridized carbons (Fsp3) is 0.231. The molecule has 0 radical (unpaired) electrons. The maximum atomic E-state index is 13.3. The Morgan fingerprint density at radius 3 is 2.06 bits per heavy atom. The highest BCUT2D eigenvalue weighted by Gasteiger charge is 2.21. The monoisotopic (exact) mass is 462 g/mol. The Morgan fingerprint density at radius 1 is 0.765 bits per heavy atom. The summed E-state index contributed by atoms with van der Waals surface area (Å²) in [6, 6.07) is 22.6. The van der Waals surface area contributed by atoms with E-state index in [4.69, 9.17) is 4.74 Å². The molecule has 3 aromatic rings. The van der Waals surface area contributed by atoms with E-state index in [1.807, 2.05) is 59.5 Å². The second-order valence-electron chi connectivity index (χ2n) is 8.07. The van der Waals surface area contributed by atoms with Gasteiger partial charge < -0.3 is 15.4 Å². The number of rotatable bonds is 8. The van der Waals surface area contributed by atoms with Crippen LogP contribution >= 0.6 is 0 Å². The highest BCUT2D eigenvalue weighted by molar-refractivity contribution is 5.94. The lowest BCUT2D eigenvalue weighted by molar-refractivity contribution is -0.120. The average molecular weight is 463 g/mol. The van der Waals surface area contributed by atoms with Crippen LogP contribution in [0, 0.1) is 5.82 Å². The van der Waals surface area contributed by atoms with Crippen molar-refractivity contribution < 1.29 is 18.7 Å². The molecule has 2 amide bonds. The van der Waals surface area contributed by atoms with Crippen molar-refractivity contribution in [3.05, 3.63) is 84.7 Å². The van der Waals surface area contributed by atoms with E-state index < -0.39 is 0 Å². The van der Waals surface area contributed by atoms with Crippen LogP contribution in [-0.2, 0) is 9.59 Å². The van der Waals surface area contributed by atoms with Gasteiger partial charge in [-0.3, -0.25) is 19.4 Å². The summed E-state index contributed by atoms with van der Waals surface area (Å²) < 4.78 is 19.2. The highest BCUT2D eigenvalue weighted by Crippen LogP contribution is 2.29. The van der Waals surface area contributed by atoms with Crippen molar-refractivity contribution in [1.29, 1.82) is 0 Å². The van der Waals surface area contributed by atoms with E-state index in [1.54, 1.807) is 12.1 Å². The normalized spacial score (nSPS) is 14.4. The first kappa shape index (κ1) is 23.4. The van der Waals surface area contributed by atoms with Crippen molar-refractivity contribution in [2.75, 3.05) is 49.9 Å². The number of anilines is 2. The van der Waals surface area contributed by atoms with Crippen LogP contribution in [0.3, 0.4) is 0 Å². The predicted molar refractivity (Wildman–Crippen MR) is 129 cm³/mol. The molecule has 0 atom stereocenters. The van der Waals surface area contributed by atoms with Crippen molar-refractivity contribution >= 4 is 23.2 Å². The molecule has 0 unspecified atom stereocenters. The van der Waals surface area contributed by atoms with Gasteiger partial charge in [0.15, 0.2) is 5.75 Å². The van der Waals surface area contributed by atoms with Crippen LogP contribution in [0.4, 0.5) is 15.8 Å². The largest absolute Gasteiger partial charge is 0.455 e. The maximum Gasteiger partial charge on any atom is 0.238 e. The van der Waals surface area contributed by atoms with Gasteiger partial charge in [-0.1, -0.05) is 36.4 Å². The molecule has 1 aliphatic heterocycles.